The molecule has 62 valence electrons. The largest absolute Gasteiger partial charge is 0.456 e. The Labute approximate surface area is 72.0 Å². The van der Waals surface area contributed by atoms with Gasteiger partial charge in [0.2, 0.25) is 0 Å². The van der Waals surface area contributed by atoms with Crippen molar-refractivity contribution in [2.24, 2.45) is 0 Å². The van der Waals surface area contributed by atoms with Crippen LogP contribution in [0, 0.1) is 13.8 Å². The minimum absolute atomic E-state index is 0.911. The molecule has 0 aliphatic carbocycles. The number of rotatable bonds is 2. The lowest BCUT2D eigenvalue weighted by Crippen LogP contribution is -1.84. The molecule has 2 aromatic heterocycles. The Morgan fingerprint density at radius 1 is 1.50 bits per heavy atom. The third kappa shape index (κ3) is 0.795. The average molecular weight is 160 g/mol. The van der Waals surface area contributed by atoms with Crippen molar-refractivity contribution in [3.05, 3.63) is 35.4 Å². The molecule has 1 heteroatoms. The third-order valence-corrected chi connectivity index (χ3v) is 2.36. The Morgan fingerprint density at radius 2 is 2.25 bits per heavy atom. The van der Waals surface area contributed by atoms with Crippen LogP contribution in [0.4, 0.5) is 0 Å². The smallest absolute Gasteiger partial charge is 0.133 e. The molecule has 2 rings (SSSR count). The van der Waals surface area contributed by atoms with Crippen LogP contribution in [0.25, 0.3) is 11.2 Å². The summed E-state index contributed by atoms with van der Waals surface area (Å²) in [6.07, 6.45) is 2.83. The van der Waals surface area contributed by atoms with E-state index in [0.717, 1.165) is 17.6 Å². The summed E-state index contributed by atoms with van der Waals surface area (Å²) in [5.74, 6) is 0. The van der Waals surface area contributed by atoms with E-state index >= 15 is 0 Å². The van der Waals surface area contributed by atoms with Crippen molar-refractivity contribution < 1.29 is 4.42 Å². The number of aryl methyl sites for hydroxylation is 2. The first-order valence-corrected chi connectivity index (χ1v) is 4.16. The summed E-state index contributed by atoms with van der Waals surface area (Å²) in [4.78, 5) is 0. The number of furan rings is 2. The van der Waals surface area contributed by atoms with Gasteiger partial charge in [0.25, 0.3) is 0 Å². The number of hydrogen-bond acceptors (Lipinski definition) is 1. The molecule has 0 aliphatic rings. The summed E-state index contributed by atoms with van der Waals surface area (Å²) in [5.41, 5.74) is 5.91. The molecule has 0 saturated heterocycles. The quantitative estimate of drug-likeness (QED) is 0.615. The lowest BCUT2D eigenvalue weighted by molar-refractivity contribution is 0.670. The van der Waals surface area contributed by atoms with E-state index in [1.807, 2.05) is 6.08 Å². The average Bonchev–Trinajstić information content (AvgIpc) is 2.51. The van der Waals surface area contributed by atoms with E-state index in [4.69, 9.17) is 4.42 Å². The van der Waals surface area contributed by atoms with Crippen LogP contribution in [0.2, 0.25) is 0 Å². The minimum Gasteiger partial charge on any atom is -0.456 e. The Hall–Kier alpha value is -1.24. The van der Waals surface area contributed by atoms with Crippen LogP contribution in [0.3, 0.4) is 0 Å². The van der Waals surface area contributed by atoms with Gasteiger partial charge in [0, 0.05) is 5.56 Å². The molecule has 0 spiro atoms. The summed E-state index contributed by atoms with van der Waals surface area (Å²) in [7, 11) is 0. The number of fused-ring (bicyclic) bond motifs is 2. The Balaban J connectivity index is 2.65. The molecule has 0 aromatic carbocycles. The highest BCUT2D eigenvalue weighted by atomic mass is 16.3. The maximum atomic E-state index is 5.58. The molecule has 0 amide bonds. The minimum atomic E-state index is 0.911. The molecule has 1 nitrogen and oxygen atoms in total. The Kier molecular flexibility index (Phi) is 1.47. The van der Waals surface area contributed by atoms with Gasteiger partial charge in [-0.1, -0.05) is 6.08 Å². The normalized spacial score (nSPS) is 11.2. The second kappa shape index (κ2) is 2.37. The Morgan fingerprint density at radius 3 is 2.75 bits per heavy atom. The van der Waals surface area contributed by atoms with Gasteiger partial charge in [-0.2, -0.15) is 0 Å². The highest BCUT2D eigenvalue weighted by Gasteiger charge is 2.14. The van der Waals surface area contributed by atoms with Gasteiger partial charge in [-0.3, -0.25) is 0 Å². The fourth-order valence-corrected chi connectivity index (χ4v) is 1.72. The van der Waals surface area contributed by atoms with Crippen molar-refractivity contribution in [1.82, 2.24) is 0 Å². The molecule has 0 saturated carbocycles. The van der Waals surface area contributed by atoms with Gasteiger partial charge in [0.1, 0.15) is 11.2 Å². The maximum absolute atomic E-state index is 5.58. The summed E-state index contributed by atoms with van der Waals surface area (Å²) < 4.78 is 5.58. The van der Waals surface area contributed by atoms with Gasteiger partial charge in [0.15, 0.2) is 0 Å². The zero-order chi connectivity index (χ0) is 8.72. The summed E-state index contributed by atoms with van der Waals surface area (Å²) in [6.45, 7) is 7.92. The van der Waals surface area contributed by atoms with Gasteiger partial charge in [-0.05, 0) is 37.5 Å². The lowest BCUT2D eigenvalue weighted by atomic mass is 10.0. The van der Waals surface area contributed by atoms with E-state index in [0.29, 0.717) is 0 Å². The maximum Gasteiger partial charge on any atom is 0.133 e. The SMILES string of the molecule is C=CCc1c(C)c2oc1cc2C. The predicted octanol–water partition coefficient (Wildman–Crippen LogP) is 3.22. The molecule has 2 bridgehead atoms. The predicted molar refractivity (Wildman–Crippen MR) is 50.8 cm³/mol. The molecule has 0 N–H and O–H groups in total. The van der Waals surface area contributed by atoms with Crippen molar-refractivity contribution in [3.8, 4) is 0 Å². The first kappa shape index (κ1) is 7.41. The zero-order valence-corrected chi connectivity index (χ0v) is 7.48. The summed E-state index contributed by atoms with van der Waals surface area (Å²) >= 11 is 0. The first-order chi connectivity index (χ1) is 5.74. The third-order valence-electron chi connectivity index (χ3n) is 2.36. The molecule has 0 atom stereocenters. The highest BCUT2D eigenvalue weighted by molar-refractivity contribution is 5.75. The van der Waals surface area contributed by atoms with Crippen molar-refractivity contribution in [2.75, 3.05) is 0 Å². The van der Waals surface area contributed by atoms with Gasteiger partial charge >= 0.3 is 0 Å². The molecular formula is C11H12O. The van der Waals surface area contributed by atoms with Crippen LogP contribution >= 0.6 is 0 Å². The monoisotopic (exact) mass is 160 g/mol. The van der Waals surface area contributed by atoms with E-state index in [9.17, 15) is 0 Å². The molecule has 0 unspecified atom stereocenters. The summed E-state index contributed by atoms with van der Waals surface area (Å²) in [6, 6.07) is 2.10. The fraction of sp³-hybridized carbons (Fsp3) is 0.273. The van der Waals surface area contributed by atoms with Crippen molar-refractivity contribution >= 4 is 11.2 Å². The fourth-order valence-electron chi connectivity index (χ4n) is 1.72. The van der Waals surface area contributed by atoms with Crippen LogP contribution in [-0.2, 0) is 6.42 Å². The molecular weight excluding hydrogens is 148 g/mol. The second-order valence-corrected chi connectivity index (χ2v) is 3.22. The van der Waals surface area contributed by atoms with Crippen LogP contribution < -0.4 is 0 Å². The van der Waals surface area contributed by atoms with E-state index < -0.39 is 0 Å². The zero-order valence-electron chi connectivity index (χ0n) is 7.48. The van der Waals surface area contributed by atoms with E-state index in [1.165, 1.54) is 16.7 Å². The molecule has 2 aromatic rings. The van der Waals surface area contributed by atoms with Gasteiger partial charge in [0.05, 0.1) is 0 Å². The second-order valence-electron chi connectivity index (χ2n) is 3.22. The van der Waals surface area contributed by atoms with Crippen molar-refractivity contribution in [2.45, 2.75) is 20.3 Å². The van der Waals surface area contributed by atoms with Crippen molar-refractivity contribution in [3.63, 3.8) is 0 Å². The van der Waals surface area contributed by atoms with Gasteiger partial charge in [-0.15, -0.1) is 6.58 Å². The van der Waals surface area contributed by atoms with Crippen LogP contribution in [0.5, 0.6) is 0 Å². The van der Waals surface area contributed by atoms with Gasteiger partial charge in [-0.25, -0.2) is 0 Å². The summed E-state index contributed by atoms with van der Waals surface area (Å²) in [5, 5.41) is 0. The first-order valence-electron chi connectivity index (χ1n) is 4.16. The molecule has 0 radical (unpaired) electrons. The molecule has 0 fully saturated rings. The standard InChI is InChI=1S/C11H12O/c1-4-5-9-8(3)11-7(2)6-10(9)12-11/h4,6H,1,5H2,2-3H3. The number of hydrogen-bond donors (Lipinski definition) is 0. The Bertz CT molecular complexity index is 409. The van der Waals surface area contributed by atoms with Crippen LogP contribution in [0.15, 0.2) is 23.1 Å². The molecule has 12 heavy (non-hydrogen) atoms. The van der Waals surface area contributed by atoms with E-state index in [1.54, 1.807) is 0 Å². The van der Waals surface area contributed by atoms with Crippen molar-refractivity contribution in [1.29, 1.82) is 0 Å². The van der Waals surface area contributed by atoms with E-state index in [2.05, 4.69) is 26.5 Å². The number of benzene rings is 1. The highest BCUT2D eigenvalue weighted by Crippen LogP contribution is 2.31. The molecule has 0 aliphatic heterocycles. The lowest BCUT2D eigenvalue weighted by Gasteiger charge is -1.96. The van der Waals surface area contributed by atoms with Gasteiger partial charge < -0.3 is 4.42 Å². The number of allylic oxidation sites excluding steroid dienone is 1. The van der Waals surface area contributed by atoms with Crippen LogP contribution in [-0.4, -0.2) is 0 Å². The topological polar surface area (TPSA) is 13.1 Å². The van der Waals surface area contributed by atoms with E-state index in [-0.39, 0.29) is 0 Å². The molecule has 2 heterocycles. The van der Waals surface area contributed by atoms with Crippen LogP contribution in [0.1, 0.15) is 16.7 Å².